The Morgan fingerprint density at radius 1 is 1.71 bits per heavy atom. The molecule has 0 aliphatic carbocycles. The Morgan fingerprint density at radius 2 is 2.47 bits per heavy atom. The standard InChI is InChI=1S/C11H14ClN3O2/c1-2-13-11(16)15-6-8(7-15)17-10-9(12)4-3-5-14-10/h3-5,8H,2,6-7H2,1H3,(H,13,16). The average Bonchev–Trinajstić information content (AvgIpc) is 2.25. The molecule has 1 fully saturated rings. The van der Waals surface area contributed by atoms with E-state index < -0.39 is 0 Å². The van der Waals surface area contributed by atoms with E-state index in [9.17, 15) is 4.79 Å². The molecule has 1 aromatic rings. The molecule has 1 aromatic heterocycles. The van der Waals surface area contributed by atoms with Gasteiger partial charge in [0.2, 0.25) is 5.88 Å². The average molecular weight is 256 g/mol. The largest absolute Gasteiger partial charge is 0.470 e. The van der Waals surface area contributed by atoms with Crippen molar-refractivity contribution < 1.29 is 9.53 Å². The van der Waals surface area contributed by atoms with Crippen LogP contribution in [0.2, 0.25) is 5.02 Å². The minimum Gasteiger partial charge on any atom is -0.470 e. The highest BCUT2D eigenvalue weighted by Crippen LogP contribution is 2.23. The highest BCUT2D eigenvalue weighted by molar-refractivity contribution is 6.31. The second kappa shape index (κ2) is 5.23. The predicted octanol–water partition coefficient (Wildman–Crippen LogP) is 1.53. The molecule has 2 amide bonds. The summed E-state index contributed by atoms with van der Waals surface area (Å²) < 4.78 is 5.57. The number of amides is 2. The number of nitrogens with zero attached hydrogens (tertiary/aromatic N) is 2. The number of carbonyl (C=O) groups is 1. The topological polar surface area (TPSA) is 54.5 Å². The summed E-state index contributed by atoms with van der Waals surface area (Å²) in [5, 5.41) is 3.22. The molecule has 0 saturated carbocycles. The Morgan fingerprint density at radius 3 is 3.12 bits per heavy atom. The van der Waals surface area contributed by atoms with Gasteiger partial charge in [0.15, 0.2) is 0 Å². The van der Waals surface area contributed by atoms with Crippen LogP contribution < -0.4 is 10.1 Å². The molecule has 0 atom stereocenters. The van der Waals surface area contributed by atoms with Gasteiger partial charge in [0.25, 0.3) is 0 Å². The Labute approximate surface area is 105 Å². The molecule has 6 heteroatoms. The molecule has 17 heavy (non-hydrogen) atoms. The zero-order chi connectivity index (χ0) is 12.3. The van der Waals surface area contributed by atoms with Gasteiger partial charge in [-0.25, -0.2) is 9.78 Å². The van der Waals surface area contributed by atoms with Crippen molar-refractivity contribution in [3.63, 3.8) is 0 Å². The van der Waals surface area contributed by atoms with Crippen LogP contribution in [0.4, 0.5) is 4.79 Å². The van der Waals surface area contributed by atoms with Gasteiger partial charge < -0.3 is 15.0 Å². The van der Waals surface area contributed by atoms with Crippen molar-refractivity contribution in [2.24, 2.45) is 0 Å². The molecule has 1 aliphatic rings. The van der Waals surface area contributed by atoms with E-state index in [1.54, 1.807) is 23.2 Å². The van der Waals surface area contributed by atoms with Crippen LogP contribution in [0.25, 0.3) is 0 Å². The second-order valence-electron chi connectivity index (χ2n) is 3.77. The van der Waals surface area contributed by atoms with E-state index in [2.05, 4.69) is 10.3 Å². The second-order valence-corrected chi connectivity index (χ2v) is 4.18. The lowest BCUT2D eigenvalue weighted by molar-refractivity contribution is 0.0417. The molecule has 0 radical (unpaired) electrons. The van der Waals surface area contributed by atoms with Gasteiger partial charge in [-0.15, -0.1) is 0 Å². The highest BCUT2D eigenvalue weighted by Gasteiger charge is 2.32. The van der Waals surface area contributed by atoms with Crippen molar-refractivity contribution in [2.75, 3.05) is 19.6 Å². The molecule has 0 spiro atoms. The van der Waals surface area contributed by atoms with E-state index in [1.807, 2.05) is 6.92 Å². The molecule has 0 unspecified atom stereocenters. The third kappa shape index (κ3) is 2.79. The highest BCUT2D eigenvalue weighted by atomic mass is 35.5. The van der Waals surface area contributed by atoms with Crippen LogP contribution in [0.3, 0.4) is 0 Å². The summed E-state index contributed by atoms with van der Waals surface area (Å²) in [6, 6.07) is 3.42. The minimum atomic E-state index is -0.0560. The Balaban J connectivity index is 1.81. The third-order valence-corrected chi connectivity index (χ3v) is 2.75. The summed E-state index contributed by atoms with van der Waals surface area (Å²) in [6.07, 6.45) is 1.60. The number of pyridine rings is 1. The number of hydrogen-bond acceptors (Lipinski definition) is 3. The van der Waals surface area contributed by atoms with Crippen LogP contribution >= 0.6 is 11.6 Å². The van der Waals surface area contributed by atoms with E-state index in [-0.39, 0.29) is 12.1 Å². The van der Waals surface area contributed by atoms with Crippen LogP contribution in [0.5, 0.6) is 5.88 Å². The molecule has 0 aromatic carbocycles. The van der Waals surface area contributed by atoms with Crippen molar-refractivity contribution in [3.05, 3.63) is 23.4 Å². The van der Waals surface area contributed by atoms with Crippen molar-refractivity contribution in [1.82, 2.24) is 15.2 Å². The first-order valence-electron chi connectivity index (χ1n) is 5.50. The Hall–Kier alpha value is -1.49. The van der Waals surface area contributed by atoms with Gasteiger partial charge in [-0.05, 0) is 19.1 Å². The van der Waals surface area contributed by atoms with Gasteiger partial charge >= 0.3 is 6.03 Å². The molecule has 0 bridgehead atoms. The summed E-state index contributed by atoms with van der Waals surface area (Å²) in [6.45, 7) is 3.66. The first kappa shape index (κ1) is 12.0. The molecule has 2 heterocycles. The molecule has 92 valence electrons. The van der Waals surface area contributed by atoms with E-state index in [0.717, 1.165) is 0 Å². The van der Waals surface area contributed by atoms with Gasteiger partial charge in [0.1, 0.15) is 11.1 Å². The fraction of sp³-hybridized carbons (Fsp3) is 0.455. The maximum atomic E-state index is 11.4. The van der Waals surface area contributed by atoms with Crippen LogP contribution in [0.1, 0.15) is 6.92 Å². The maximum absolute atomic E-state index is 11.4. The number of urea groups is 1. The monoisotopic (exact) mass is 255 g/mol. The fourth-order valence-corrected chi connectivity index (χ4v) is 1.72. The first-order valence-corrected chi connectivity index (χ1v) is 5.88. The number of aromatic nitrogens is 1. The number of carbonyl (C=O) groups excluding carboxylic acids is 1. The first-order chi connectivity index (χ1) is 8.20. The molecule has 1 N–H and O–H groups in total. The van der Waals surface area contributed by atoms with E-state index in [4.69, 9.17) is 16.3 Å². The summed E-state index contributed by atoms with van der Waals surface area (Å²) in [4.78, 5) is 17.1. The Kier molecular flexibility index (Phi) is 3.68. The van der Waals surface area contributed by atoms with Crippen LogP contribution in [-0.4, -0.2) is 41.7 Å². The predicted molar refractivity (Wildman–Crippen MR) is 64.3 cm³/mol. The van der Waals surface area contributed by atoms with Gasteiger partial charge in [-0.2, -0.15) is 0 Å². The molecule has 5 nitrogen and oxygen atoms in total. The van der Waals surface area contributed by atoms with E-state index in [1.165, 1.54) is 0 Å². The normalized spacial score (nSPS) is 15.3. The molecular weight excluding hydrogens is 242 g/mol. The van der Waals surface area contributed by atoms with Crippen molar-refractivity contribution in [2.45, 2.75) is 13.0 Å². The number of halogens is 1. The summed E-state index contributed by atoms with van der Waals surface area (Å²) in [5.74, 6) is 0.426. The molecular formula is C11H14ClN3O2. The molecule has 2 rings (SSSR count). The summed E-state index contributed by atoms with van der Waals surface area (Å²) in [7, 11) is 0. The number of hydrogen-bond donors (Lipinski definition) is 1. The zero-order valence-corrected chi connectivity index (χ0v) is 10.3. The summed E-state index contributed by atoms with van der Waals surface area (Å²) >= 11 is 5.92. The molecule has 1 aliphatic heterocycles. The van der Waals surface area contributed by atoms with Crippen LogP contribution in [0, 0.1) is 0 Å². The van der Waals surface area contributed by atoms with Gasteiger partial charge in [0.05, 0.1) is 13.1 Å². The lowest BCUT2D eigenvalue weighted by Gasteiger charge is -2.38. The van der Waals surface area contributed by atoms with Gasteiger partial charge in [0, 0.05) is 12.7 Å². The van der Waals surface area contributed by atoms with Gasteiger partial charge in [-0.3, -0.25) is 0 Å². The van der Waals surface area contributed by atoms with Gasteiger partial charge in [-0.1, -0.05) is 11.6 Å². The third-order valence-electron chi connectivity index (χ3n) is 2.47. The quantitative estimate of drug-likeness (QED) is 0.891. The maximum Gasteiger partial charge on any atom is 0.317 e. The number of rotatable bonds is 3. The van der Waals surface area contributed by atoms with Crippen molar-refractivity contribution in [3.8, 4) is 5.88 Å². The molecule has 1 saturated heterocycles. The van der Waals surface area contributed by atoms with Crippen LogP contribution in [-0.2, 0) is 0 Å². The number of ether oxygens (including phenoxy) is 1. The zero-order valence-electron chi connectivity index (χ0n) is 9.52. The van der Waals surface area contributed by atoms with Crippen LogP contribution in [0.15, 0.2) is 18.3 Å². The number of nitrogens with one attached hydrogen (secondary N) is 1. The fourth-order valence-electron chi connectivity index (χ4n) is 1.56. The van der Waals surface area contributed by atoms with E-state index in [0.29, 0.717) is 30.5 Å². The Bertz CT molecular complexity index is 407. The van der Waals surface area contributed by atoms with Crippen molar-refractivity contribution >= 4 is 17.6 Å². The summed E-state index contributed by atoms with van der Waals surface area (Å²) in [5.41, 5.74) is 0. The lowest BCUT2D eigenvalue weighted by Crippen LogP contribution is -2.58. The van der Waals surface area contributed by atoms with Crippen molar-refractivity contribution in [1.29, 1.82) is 0 Å². The number of likely N-dealkylation sites (tertiary alicyclic amines) is 1. The lowest BCUT2D eigenvalue weighted by atomic mass is 10.2. The van der Waals surface area contributed by atoms with E-state index >= 15 is 0 Å². The smallest absolute Gasteiger partial charge is 0.317 e. The minimum absolute atomic E-state index is 0.0231. The SMILES string of the molecule is CCNC(=O)N1CC(Oc2ncccc2Cl)C1.